The van der Waals surface area contributed by atoms with E-state index in [1.165, 1.54) is 0 Å². The zero-order valence-corrected chi connectivity index (χ0v) is 10.8. The molecule has 17 heavy (non-hydrogen) atoms. The summed E-state index contributed by atoms with van der Waals surface area (Å²) in [5, 5.41) is 3.23. The number of nitrogen functional groups attached to an aromatic ring is 1. The van der Waals surface area contributed by atoms with Crippen molar-refractivity contribution in [3.05, 3.63) is 18.2 Å². The van der Waals surface area contributed by atoms with Crippen molar-refractivity contribution >= 4 is 11.4 Å². The topological polar surface area (TPSA) is 56.5 Å². The summed E-state index contributed by atoms with van der Waals surface area (Å²) >= 11 is 0. The number of ether oxygens (including phenoxy) is 2. The Balaban J connectivity index is 2.32. The monoisotopic (exact) mass is 238 g/mol. The quantitative estimate of drug-likeness (QED) is 0.565. The normalized spacial score (nSPS) is 10.6. The molecule has 4 heteroatoms. The summed E-state index contributed by atoms with van der Waals surface area (Å²) in [6.45, 7) is 6.50. The zero-order chi connectivity index (χ0) is 12.7. The molecule has 0 atom stereocenters. The molecule has 0 unspecified atom stereocenters. The maximum Gasteiger partial charge on any atom is 0.121 e. The second-order valence-electron chi connectivity index (χ2n) is 4.35. The number of rotatable bonds is 7. The maximum atomic E-state index is 5.88. The highest BCUT2D eigenvalue weighted by Gasteiger charge is 2.00. The molecule has 0 saturated heterocycles. The van der Waals surface area contributed by atoms with Gasteiger partial charge in [0.1, 0.15) is 5.75 Å². The van der Waals surface area contributed by atoms with E-state index >= 15 is 0 Å². The molecule has 0 saturated carbocycles. The smallest absolute Gasteiger partial charge is 0.121 e. The lowest BCUT2D eigenvalue weighted by Gasteiger charge is -2.11. The van der Waals surface area contributed by atoms with Crippen LogP contribution in [0.5, 0.6) is 5.75 Å². The van der Waals surface area contributed by atoms with Crippen LogP contribution < -0.4 is 15.8 Å². The van der Waals surface area contributed by atoms with Gasteiger partial charge in [0, 0.05) is 19.2 Å². The molecule has 4 nitrogen and oxygen atoms in total. The first-order valence-corrected chi connectivity index (χ1v) is 5.88. The predicted octanol–water partition coefficient (Wildman–Crippen LogP) is 2.36. The predicted molar refractivity (Wildman–Crippen MR) is 71.6 cm³/mol. The van der Waals surface area contributed by atoms with E-state index in [1.807, 2.05) is 12.1 Å². The number of benzene rings is 1. The standard InChI is InChI=1S/C13H22N2O2/c1-10(2)9-17-7-6-15-13-5-4-11(16-3)8-12(13)14/h4-5,8,10,15H,6-7,9,14H2,1-3H3. The molecule has 1 aromatic rings. The molecule has 0 heterocycles. The summed E-state index contributed by atoms with van der Waals surface area (Å²) in [5.41, 5.74) is 7.48. The van der Waals surface area contributed by atoms with Gasteiger partial charge in [-0.1, -0.05) is 13.8 Å². The van der Waals surface area contributed by atoms with Gasteiger partial charge < -0.3 is 20.5 Å². The molecule has 1 aromatic carbocycles. The van der Waals surface area contributed by atoms with Gasteiger partial charge in [-0.05, 0) is 18.1 Å². The van der Waals surface area contributed by atoms with Crippen molar-refractivity contribution < 1.29 is 9.47 Å². The van der Waals surface area contributed by atoms with Crippen LogP contribution in [0.2, 0.25) is 0 Å². The number of nitrogens with two attached hydrogens (primary N) is 1. The number of anilines is 2. The van der Waals surface area contributed by atoms with Gasteiger partial charge in [0.15, 0.2) is 0 Å². The van der Waals surface area contributed by atoms with Gasteiger partial charge in [0.25, 0.3) is 0 Å². The Labute approximate surface area is 103 Å². The SMILES string of the molecule is COc1ccc(NCCOCC(C)C)c(N)c1. The minimum absolute atomic E-state index is 0.570. The second kappa shape index (κ2) is 7.01. The van der Waals surface area contributed by atoms with Crippen molar-refractivity contribution in [2.45, 2.75) is 13.8 Å². The van der Waals surface area contributed by atoms with E-state index in [2.05, 4.69) is 19.2 Å². The fourth-order valence-corrected chi connectivity index (χ4v) is 1.41. The van der Waals surface area contributed by atoms with Crippen LogP contribution >= 0.6 is 0 Å². The molecular formula is C13H22N2O2. The van der Waals surface area contributed by atoms with Gasteiger partial charge in [0.2, 0.25) is 0 Å². The van der Waals surface area contributed by atoms with Crippen LogP contribution in [0.15, 0.2) is 18.2 Å². The minimum Gasteiger partial charge on any atom is -0.497 e. The van der Waals surface area contributed by atoms with Gasteiger partial charge >= 0.3 is 0 Å². The van der Waals surface area contributed by atoms with Crippen molar-refractivity contribution in [2.24, 2.45) is 5.92 Å². The Morgan fingerprint density at radius 3 is 2.71 bits per heavy atom. The summed E-state index contributed by atoms with van der Waals surface area (Å²) in [6, 6.07) is 5.60. The van der Waals surface area contributed by atoms with Crippen LogP contribution in [0.25, 0.3) is 0 Å². The van der Waals surface area contributed by atoms with E-state index < -0.39 is 0 Å². The molecule has 0 aliphatic carbocycles. The highest BCUT2D eigenvalue weighted by Crippen LogP contribution is 2.23. The van der Waals surface area contributed by atoms with E-state index in [-0.39, 0.29) is 0 Å². The highest BCUT2D eigenvalue weighted by atomic mass is 16.5. The average molecular weight is 238 g/mol. The molecule has 0 fully saturated rings. The summed E-state index contributed by atoms with van der Waals surface area (Å²) in [5.74, 6) is 1.34. The summed E-state index contributed by atoms with van der Waals surface area (Å²) in [7, 11) is 1.63. The van der Waals surface area contributed by atoms with E-state index in [0.717, 1.165) is 24.6 Å². The molecular weight excluding hydrogens is 216 g/mol. The molecule has 0 aliphatic heterocycles. The van der Waals surface area contributed by atoms with Gasteiger partial charge in [-0.2, -0.15) is 0 Å². The van der Waals surface area contributed by atoms with E-state index in [4.69, 9.17) is 15.2 Å². The first-order valence-electron chi connectivity index (χ1n) is 5.88. The fraction of sp³-hybridized carbons (Fsp3) is 0.538. The van der Waals surface area contributed by atoms with Crippen LogP contribution in [-0.4, -0.2) is 26.9 Å². The lowest BCUT2D eigenvalue weighted by atomic mass is 10.2. The first-order chi connectivity index (χ1) is 8.13. The summed E-state index contributed by atoms with van der Waals surface area (Å²) in [6.07, 6.45) is 0. The molecule has 0 radical (unpaired) electrons. The van der Waals surface area contributed by atoms with Crippen LogP contribution in [0.4, 0.5) is 11.4 Å². The average Bonchev–Trinajstić information content (AvgIpc) is 2.30. The van der Waals surface area contributed by atoms with Crippen LogP contribution in [0, 0.1) is 5.92 Å². The van der Waals surface area contributed by atoms with Crippen LogP contribution in [0.1, 0.15) is 13.8 Å². The van der Waals surface area contributed by atoms with Gasteiger partial charge in [-0.25, -0.2) is 0 Å². The molecule has 0 bridgehead atoms. The Hall–Kier alpha value is -1.42. The first kappa shape index (κ1) is 13.6. The van der Waals surface area contributed by atoms with Crippen molar-refractivity contribution in [3.8, 4) is 5.75 Å². The molecule has 3 N–H and O–H groups in total. The lowest BCUT2D eigenvalue weighted by molar-refractivity contribution is 0.118. The lowest BCUT2D eigenvalue weighted by Crippen LogP contribution is -2.12. The Morgan fingerprint density at radius 1 is 1.35 bits per heavy atom. The summed E-state index contributed by atoms with van der Waals surface area (Å²) in [4.78, 5) is 0. The summed E-state index contributed by atoms with van der Waals surface area (Å²) < 4.78 is 10.6. The van der Waals surface area contributed by atoms with Gasteiger partial charge in [-0.3, -0.25) is 0 Å². The number of hydrogen-bond acceptors (Lipinski definition) is 4. The largest absolute Gasteiger partial charge is 0.497 e. The van der Waals surface area contributed by atoms with Crippen molar-refractivity contribution in [2.75, 3.05) is 37.9 Å². The van der Waals surface area contributed by atoms with Crippen LogP contribution in [-0.2, 0) is 4.74 Å². The minimum atomic E-state index is 0.570. The van der Waals surface area contributed by atoms with E-state index in [9.17, 15) is 0 Å². The molecule has 0 amide bonds. The van der Waals surface area contributed by atoms with Crippen molar-refractivity contribution in [1.29, 1.82) is 0 Å². The van der Waals surface area contributed by atoms with Gasteiger partial charge in [0.05, 0.1) is 25.1 Å². The zero-order valence-electron chi connectivity index (χ0n) is 10.8. The van der Waals surface area contributed by atoms with Crippen molar-refractivity contribution in [1.82, 2.24) is 0 Å². The molecule has 1 rings (SSSR count). The van der Waals surface area contributed by atoms with E-state index in [0.29, 0.717) is 18.2 Å². The Kier molecular flexibility index (Phi) is 5.63. The maximum absolute atomic E-state index is 5.88. The number of methoxy groups -OCH3 is 1. The third-order valence-electron chi connectivity index (χ3n) is 2.27. The number of nitrogens with one attached hydrogen (secondary N) is 1. The Bertz CT molecular complexity index is 340. The van der Waals surface area contributed by atoms with E-state index in [1.54, 1.807) is 13.2 Å². The second-order valence-corrected chi connectivity index (χ2v) is 4.35. The third-order valence-corrected chi connectivity index (χ3v) is 2.27. The fourth-order valence-electron chi connectivity index (χ4n) is 1.41. The molecule has 0 spiro atoms. The molecule has 0 aromatic heterocycles. The molecule has 0 aliphatic rings. The van der Waals surface area contributed by atoms with Crippen LogP contribution in [0.3, 0.4) is 0 Å². The van der Waals surface area contributed by atoms with Gasteiger partial charge in [-0.15, -0.1) is 0 Å². The highest BCUT2D eigenvalue weighted by molar-refractivity contribution is 5.68. The third kappa shape index (κ3) is 4.95. The molecule has 96 valence electrons. The Morgan fingerprint density at radius 2 is 2.12 bits per heavy atom. The van der Waals surface area contributed by atoms with Crippen molar-refractivity contribution in [3.63, 3.8) is 0 Å². The number of hydrogen-bond donors (Lipinski definition) is 2.